The molecule has 1 amide bonds. The van der Waals surface area contributed by atoms with Crippen LogP contribution in [0.1, 0.15) is 56.2 Å². The molecule has 1 unspecified atom stereocenters. The maximum absolute atomic E-state index is 14.2. The molecule has 0 radical (unpaired) electrons. The van der Waals surface area contributed by atoms with Crippen molar-refractivity contribution in [1.82, 2.24) is 14.5 Å². The van der Waals surface area contributed by atoms with E-state index in [0.29, 0.717) is 27.2 Å². The molecule has 5 rings (SSSR count). The van der Waals surface area contributed by atoms with E-state index in [1.807, 2.05) is 32.9 Å². The van der Waals surface area contributed by atoms with Crippen LogP contribution in [0.15, 0.2) is 63.8 Å². The van der Waals surface area contributed by atoms with Gasteiger partial charge in [0.15, 0.2) is 6.29 Å². The van der Waals surface area contributed by atoms with E-state index in [1.54, 1.807) is 29.2 Å². The monoisotopic (exact) mass is 560 g/mol. The van der Waals surface area contributed by atoms with E-state index in [9.17, 15) is 18.8 Å². The number of fused-ring (bicyclic) bond motifs is 3. The summed E-state index contributed by atoms with van der Waals surface area (Å²) in [7, 11) is 0. The first-order chi connectivity index (χ1) is 19.2. The van der Waals surface area contributed by atoms with Crippen molar-refractivity contribution in [2.45, 2.75) is 33.4 Å². The number of thiophene rings is 1. The molecule has 0 bridgehead atoms. The molecule has 10 heteroatoms. The third-order valence-electron chi connectivity index (χ3n) is 6.84. The number of aryl methyl sites for hydroxylation is 1. The summed E-state index contributed by atoms with van der Waals surface area (Å²) >= 11 is 1.26. The number of halogens is 1. The van der Waals surface area contributed by atoms with Crippen LogP contribution in [-0.2, 0) is 6.54 Å². The molecule has 2 N–H and O–H groups in total. The van der Waals surface area contributed by atoms with Crippen LogP contribution in [0, 0.1) is 18.7 Å². The fraction of sp³-hybridized carbons (Fsp3) is 0.267. The highest BCUT2D eigenvalue weighted by Crippen LogP contribution is 2.33. The zero-order chi connectivity index (χ0) is 28.6. The normalized spacial score (nSPS) is 12.3. The van der Waals surface area contributed by atoms with Crippen LogP contribution in [0.3, 0.4) is 0 Å². The fourth-order valence-electron chi connectivity index (χ4n) is 4.96. The molecule has 3 aromatic heterocycles. The Morgan fingerprint density at radius 3 is 2.58 bits per heavy atom. The van der Waals surface area contributed by atoms with Crippen LogP contribution >= 0.6 is 11.3 Å². The summed E-state index contributed by atoms with van der Waals surface area (Å²) in [5.74, 6) is -0.579. The first kappa shape index (κ1) is 27.4. The number of benzene rings is 2. The summed E-state index contributed by atoms with van der Waals surface area (Å²) in [5.41, 5.74) is 7.60. The number of nitrogens with zero attached hydrogens (tertiary/aromatic N) is 3. The summed E-state index contributed by atoms with van der Waals surface area (Å²) in [6.45, 7) is 6.36. The highest BCUT2D eigenvalue weighted by atomic mass is 32.1. The highest BCUT2D eigenvalue weighted by molar-refractivity contribution is 7.13. The molecule has 0 fully saturated rings. The quantitative estimate of drug-likeness (QED) is 0.245. The van der Waals surface area contributed by atoms with Crippen molar-refractivity contribution in [2.24, 2.45) is 11.7 Å². The van der Waals surface area contributed by atoms with E-state index in [1.165, 1.54) is 34.1 Å². The minimum atomic E-state index is -0.654. The summed E-state index contributed by atoms with van der Waals surface area (Å²) in [4.78, 5) is 47.1. The molecule has 8 nitrogen and oxygen atoms in total. The molecule has 0 saturated heterocycles. The lowest BCUT2D eigenvalue weighted by atomic mass is 9.99. The van der Waals surface area contributed by atoms with Gasteiger partial charge in [-0.2, -0.15) is 0 Å². The molecule has 0 aliphatic rings. The molecule has 0 aliphatic carbocycles. The van der Waals surface area contributed by atoms with Crippen LogP contribution in [0.2, 0.25) is 0 Å². The van der Waals surface area contributed by atoms with E-state index < -0.39 is 17.4 Å². The lowest BCUT2D eigenvalue weighted by Gasteiger charge is -2.35. The molecule has 5 aromatic rings. The SMILES string of the molecule is Cc1ccc(C(=O)N(CCN)C(c2nc3c(oc4ccc(F)cc43)c(=O)n2Cc2ccc(C=O)s2)C(C)C)cc1. The predicted molar refractivity (Wildman–Crippen MR) is 153 cm³/mol. The Hall–Kier alpha value is -4.15. The molecular formula is C30H29FN4O4S. The van der Waals surface area contributed by atoms with Gasteiger partial charge in [0.05, 0.1) is 17.5 Å². The van der Waals surface area contributed by atoms with Crippen molar-refractivity contribution >= 4 is 45.6 Å². The molecule has 2 aromatic carbocycles. The second kappa shape index (κ2) is 11.1. The number of carbonyl (C=O) groups excluding carboxylic acids is 2. The standard InChI is InChI=1S/C30H29FN4O4S/c1-17(2)26(34(13-12-32)29(37)19-6-4-18(3)5-7-19)28-33-25-23-14-20(31)8-11-24(23)39-27(25)30(38)35(28)15-21-9-10-22(16-36)40-21/h4-11,14,16-17,26H,12-13,15,32H2,1-3H3. The van der Waals surface area contributed by atoms with Gasteiger partial charge in [0.25, 0.3) is 11.5 Å². The number of rotatable bonds is 9. The van der Waals surface area contributed by atoms with Crippen LogP contribution in [0.25, 0.3) is 22.1 Å². The molecule has 40 heavy (non-hydrogen) atoms. The summed E-state index contributed by atoms with van der Waals surface area (Å²) in [6.07, 6.45) is 0.757. The number of nitrogens with two attached hydrogens (primary N) is 1. The van der Waals surface area contributed by atoms with E-state index in [2.05, 4.69) is 0 Å². The average molecular weight is 561 g/mol. The van der Waals surface area contributed by atoms with Crippen molar-refractivity contribution in [1.29, 1.82) is 0 Å². The number of hydrogen-bond acceptors (Lipinski definition) is 7. The topological polar surface area (TPSA) is 111 Å². The predicted octanol–water partition coefficient (Wildman–Crippen LogP) is 5.31. The number of aromatic nitrogens is 2. The summed E-state index contributed by atoms with van der Waals surface area (Å²) in [5, 5.41) is 0.373. The minimum absolute atomic E-state index is 0.00532. The largest absolute Gasteiger partial charge is 0.448 e. The Bertz CT molecular complexity index is 1770. The first-order valence-corrected chi connectivity index (χ1v) is 13.8. The molecule has 3 heterocycles. The Balaban J connectivity index is 1.76. The Morgan fingerprint density at radius 2 is 1.93 bits per heavy atom. The van der Waals surface area contributed by atoms with Gasteiger partial charge in [0.1, 0.15) is 22.7 Å². The zero-order valence-corrected chi connectivity index (χ0v) is 23.2. The van der Waals surface area contributed by atoms with Crippen LogP contribution < -0.4 is 11.3 Å². The van der Waals surface area contributed by atoms with Gasteiger partial charge in [-0.15, -0.1) is 11.3 Å². The number of carbonyl (C=O) groups is 2. The molecule has 1 atom stereocenters. The fourth-order valence-corrected chi connectivity index (χ4v) is 5.77. The van der Waals surface area contributed by atoms with E-state index >= 15 is 0 Å². The lowest BCUT2D eigenvalue weighted by Crippen LogP contribution is -2.43. The van der Waals surface area contributed by atoms with Crippen molar-refractivity contribution < 1.29 is 18.4 Å². The molecule has 0 saturated carbocycles. The van der Waals surface area contributed by atoms with Gasteiger partial charge in [0, 0.05) is 28.9 Å². The van der Waals surface area contributed by atoms with Crippen molar-refractivity contribution in [3.8, 4) is 0 Å². The van der Waals surface area contributed by atoms with Gasteiger partial charge in [-0.1, -0.05) is 31.5 Å². The summed E-state index contributed by atoms with van der Waals surface area (Å²) in [6, 6.07) is 14.1. The second-order valence-electron chi connectivity index (χ2n) is 10.0. The summed E-state index contributed by atoms with van der Waals surface area (Å²) < 4.78 is 21.6. The Kier molecular flexibility index (Phi) is 7.64. The number of aldehydes is 1. The smallest absolute Gasteiger partial charge is 0.297 e. The van der Waals surface area contributed by atoms with Gasteiger partial charge in [-0.3, -0.25) is 19.0 Å². The van der Waals surface area contributed by atoms with Gasteiger partial charge < -0.3 is 15.1 Å². The third-order valence-corrected chi connectivity index (χ3v) is 7.84. The Labute approximate surface area is 233 Å². The highest BCUT2D eigenvalue weighted by Gasteiger charge is 2.33. The van der Waals surface area contributed by atoms with Gasteiger partial charge >= 0.3 is 0 Å². The van der Waals surface area contributed by atoms with Crippen LogP contribution in [0.5, 0.6) is 0 Å². The minimum Gasteiger partial charge on any atom is -0.448 e. The van der Waals surface area contributed by atoms with Crippen molar-refractivity contribution in [2.75, 3.05) is 13.1 Å². The average Bonchev–Trinajstić information content (AvgIpc) is 3.54. The van der Waals surface area contributed by atoms with Crippen molar-refractivity contribution in [3.63, 3.8) is 0 Å². The molecule has 0 spiro atoms. The van der Waals surface area contributed by atoms with E-state index in [4.69, 9.17) is 15.1 Å². The number of hydrogen-bond donors (Lipinski definition) is 1. The molecule has 0 aliphatic heterocycles. The number of amides is 1. The molecular weight excluding hydrogens is 531 g/mol. The van der Waals surface area contributed by atoms with Gasteiger partial charge in [-0.25, -0.2) is 9.37 Å². The number of furan rings is 1. The van der Waals surface area contributed by atoms with Crippen molar-refractivity contribution in [3.05, 3.63) is 97.5 Å². The van der Waals surface area contributed by atoms with Gasteiger partial charge in [0.2, 0.25) is 5.58 Å². The van der Waals surface area contributed by atoms with Crippen LogP contribution in [-0.4, -0.2) is 39.7 Å². The maximum Gasteiger partial charge on any atom is 0.297 e. The zero-order valence-electron chi connectivity index (χ0n) is 22.4. The van der Waals surface area contributed by atoms with E-state index in [-0.39, 0.29) is 42.6 Å². The van der Waals surface area contributed by atoms with Crippen LogP contribution in [0.4, 0.5) is 4.39 Å². The maximum atomic E-state index is 14.2. The lowest BCUT2D eigenvalue weighted by molar-refractivity contribution is 0.0612. The Morgan fingerprint density at radius 1 is 1.18 bits per heavy atom. The second-order valence-corrected chi connectivity index (χ2v) is 11.2. The molecule has 206 valence electrons. The first-order valence-electron chi connectivity index (χ1n) is 13.0. The third kappa shape index (κ3) is 5.07. The van der Waals surface area contributed by atoms with E-state index in [0.717, 1.165) is 16.7 Å². The van der Waals surface area contributed by atoms with Gasteiger partial charge in [-0.05, 0) is 55.3 Å².